The highest BCUT2D eigenvalue weighted by atomic mass is 19.4. The fraction of sp³-hybridized carbons (Fsp3) is 0.667. The maximum Gasteiger partial charge on any atom is 0.468 e. The molecule has 2 nitrogen and oxygen atoms in total. The molecule has 0 saturated heterocycles. The van der Waals surface area contributed by atoms with E-state index in [1.165, 1.54) is 0 Å². The van der Waals surface area contributed by atoms with E-state index in [0.717, 1.165) is 0 Å². The van der Waals surface area contributed by atoms with E-state index in [4.69, 9.17) is 0 Å². The summed E-state index contributed by atoms with van der Waals surface area (Å²) >= 11 is 0. The summed E-state index contributed by atoms with van der Waals surface area (Å²) < 4.78 is 116. The van der Waals surface area contributed by atoms with Crippen LogP contribution in [0.4, 0.5) is 39.5 Å². The maximum absolute atomic E-state index is 13.0. The number of rotatable bonds is 0. The first-order valence-corrected chi connectivity index (χ1v) is 3.59. The molecule has 0 aromatic carbocycles. The smallest absolute Gasteiger partial charge is 0.446 e. The molecule has 0 aromatic rings. The van der Waals surface area contributed by atoms with Crippen LogP contribution in [-0.2, 0) is 9.47 Å². The Kier molecular flexibility index (Phi) is 2.72. The molecule has 0 radical (unpaired) electrons. The highest BCUT2D eigenvalue weighted by Gasteiger charge is 2.86. The molecular formula is C6HF9O2. The summed E-state index contributed by atoms with van der Waals surface area (Å²) in [6.07, 6.45) is -13.7. The van der Waals surface area contributed by atoms with Gasteiger partial charge in [0.25, 0.3) is 0 Å². The average molecular weight is 276 g/mol. The van der Waals surface area contributed by atoms with E-state index < -0.39 is 36.3 Å². The third-order valence-corrected chi connectivity index (χ3v) is 1.69. The van der Waals surface area contributed by atoms with Gasteiger partial charge in [-0.15, -0.1) is 0 Å². The lowest BCUT2D eigenvalue weighted by Crippen LogP contribution is -2.67. The molecule has 0 fully saturated rings. The molecule has 2 atom stereocenters. The minimum absolute atomic E-state index is 0.753. The Hall–Kier alpha value is -1.29. The Balaban J connectivity index is 3.38. The summed E-state index contributed by atoms with van der Waals surface area (Å²) in [4.78, 5) is 0. The van der Waals surface area contributed by atoms with Gasteiger partial charge in [-0.2, -0.15) is 39.5 Å². The Morgan fingerprint density at radius 3 is 1.65 bits per heavy atom. The molecule has 0 N–H and O–H groups in total. The van der Waals surface area contributed by atoms with Crippen molar-refractivity contribution in [1.82, 2.24) is 0 Å². The molecule has 0 bridgehead atoms. The zero-order valence-electron chi connectivity index (χ0n) is 7.30. The van der Waals surface area contributed by atoms with E-state index in [1.54, 1.807) is 0 Å². The van der Waals surface area contributed by atoms with Crippen molar-refractivity contribution < 1.29 is 49.0 Å². The predicted octanol–water partition coefficient (Wildman–Crippen LogP) is 3.26. The van der Waals surface area contributed by atoms with Gasteiger partial charge in [0.2, 0.25) is 0 Å². The summed E-state index contributed by atoms with van der Waals surface area (Å²) in [6.45, 7) is 0. The Morgan fingerprint density at radius 1 is 0.882 bits per heavy atom. The molecule has 0 amide bonds. The molecule has 1 aliphatic rings. The van der Waals surface area contributed by atoms with Crippen molar-refractivity contribution in [2.45, 2.75) is 24.1 Å². The van der Waals surface area contributed by atoms with E-state index in [-0.39, 0.29) is 0 Å². The standard InChI is InChI=1S/C6HF9O2/c7-2-1-16-3(8,5(10,11)12)4(9,17-2)6(13,14)15/h1H. The first kappa shape index (κ1) is 13.8. The molecule has 0 aliphatic carbocycles. The van der Waals surface area contributed by atoms with Crippen LogP contribution in [0.25, 0.3) is 0 Å². The second-order valence-electron chi connectivity index (χ2n) is 2.83. The van der Waals surface area contributed by atoms with Crippen LogP contribution in [0.5, 0.6) is 0 Å². The lowest BCUT2D eigenvalue weighted by molar-refractivity contribution is -0.476. The molecule has 11 heteroatoms. The van der Waals surface area contributed by atoms with E-state index in [2.05, 4.69) is 9.47 Å². The minimum Gasteiger partial charge on any atom is -0.446 e. The molecule has 100 valence electrons. The van der Waals surface area contributed by atoms with E-state index >= 15 is 0 Å². The lowest BCUT2D eigenvalue weighted by atomic mass is 10.1. The first-order valence-electron chi connectivity index (χ1n) is 3.59. The molecule has 17 heavy (non-hydrogen) atoms. The molecule has 1 heterocycles. The monoisotopic (exact) mass is 276 g/mol. The van der Waals surface area contributed by atoms with E-state index in [0.29, 0.717) is 0 Å². The van der Waals surface area contributed by atoms with Gasteiger partial charge in [0.15, 0.2) is 6.26 Å². The highest BCUT2D eigenvalue weighted by molar-refractivity contribution is 5.04. The van der Waals surface area contributed by atoms with Gasteiger partial charge in [0.05, 0.1) is 0 Å². The van der Waals surface area contributed by atoms with Crippen LogP contribution < -0.4 is 0 Å². The summed E-state index contributed by atoms with van der Waals surface area (Å²) in [7, 11) is 0. The molecule has 1 aliphatic heterocycles. The van der Waals surface area contributed by atoms with Crippen molar-refractivity contribution in [1.29, 1.82) is 0 Å². The summed E-state index contributed by atoms with van der Waals surface area (Å²) in [5, 5.41) is 0. The van der Waals surface area contributed by atoms with Gasteiger partial charge in [-0.3, -0.25) is 0 Å². The molecule has 1 rings (SSSR count). The fourth-order valence-electron chi connectivity index (χ4n) is 0.917. The van der Waals surface area contributed by atoms with Crippen molar-refractivity contribution in [3.05, 3.63) is 12.3 Å². The van der Waals surface area contributed by atoms with Gasteiger partial charge in [-0.05, 0) is 0 Å². The minimum atomic E-state index is -6.51. The average Bonchev–Trinajstić information content (AvgIpc) is 2.08. The number of ether oxygens (including phenoxy) is 2. The maximum atomic E-state index is 13.0. The van der Waals surface area contributed by atoms with Crippen molar-refractivity contribution in [2.75, 3.05) is 0 Å². The predicted molar refractivity (Wildman–Crippen MR) is 31.1 cm³/mol. The van der Waals surface area contributed by atoms with Crippen molar-refractivity contribution in [3.63, 3.8) is 0 Å². The Labute approximate surface area is 86.6 Å². The molecule has 0 spiro atoms. The molecule has 0 saturated carbocycles. The zero-order valence-corrected chi connectivity index (χ0v) is 7.30. The van der Waals surface area contributed by atoms with Crippen molar-refractivity contribution in [3.8, 4) is 0 Å². The first-order chi connectivity index (χ1) is 7.35. The van der Waals surface area contributed by atoms with Crippen LogP contribution in [-0.4, -0.2) is 24.1 Å². The van der Waals surface area contributed by atoms with Crippen LogP contribution in [0.2, 0.25) is 0 Å². The molecule has 0 aromatic heterocycles. The topological polar surface area (TPSA) is 18.5 Å². The largest absolute Gasteiger partial charge is 0.468 e. The van der Waals surface area contributed by atoms with Gasteiger partial charge in [-0.1, -0.05) is 0 Å². The summed E-state index contributed by atoms with van der Waals surface area (Å²) in [6, 6.07) is -2.48. The number of halogens is 9. The van der Waals surface area contributed by atoms with Gasteiger partial charge >= 0.3 is 30.1 Å². The quantitative estimate of drug-likeness (QED) is 0.632. The zero-order chi connectivity index (χ0) is 13.7. The number of hydrogen-bond donors (Lipinski definition) is 0. The van der Waals surface area contributed by atoms with E-state index in [1.807, 2.05) is 0 Å². The molecular weight excluding hydrogens is 275 g/mol. The van der Waals surface area contributed by atoms with Gasteiger partial charge < -0.3 is 9.47 Å². The lowest BCUT2D eigenvalue weighted by Gasteiger charge is -2.40. The fourth-order valence-corrected chi connectivity index (χ4v) is 0.917. The van der Waals surface area contributed by atoms with Crippen LogP contribution in [0.15, 0.2) is 12.3 Å². The Morgan fingerprint density at radius 2 is 1.29 bits per heavy atom. The van der Waals surface area contributed by atoms with Crippen LogP contribution in [0.1, 0.15) is 0 Å². The van der Waals surface area contributed by atoms with Gasteiger partial charge in [0, 0.05) is 0 Å². The molecule has 2 unspecified atom stereocenters. The Bertz CT molecular complexity index is 344. The normalized spacial score (nSPS) is 34.8. The van der Waals surface area contributed by atoms with Crippen LogP contribution >= 0.6 is 0 Å². The van der Waals surface area contributed by atoms with Crippen LogP contribution in [0, 0.1) is 0 Å². The third-order valence-electron chi connectivity index (χ3n) is 1.69. The number of alkyl halides is 8. The SMILES string of the molecule is FC1=COC(F)(C(F)(F)F)C(F)(C(F)(F)F)O1. The number of hydrogen-bond acceptors (Lipinski definition) is 2. The van der Waals surface area contributed by atoms with E-state index in [9.17, 15) is 39.5 Å². The van der Waals surface area contributed by atoms with Crippen molar-refractivity contribution >= 4 is 0 Å². The van der Waals surface area contributed by atoms with Crippen molar-refractivity contribution in [2.24, 2.45) is 0 Å². The second kappa shape index (κ2) is 3.35. The second-order valence-corrected chi connectivity index (χ2v) is 2.83. The van der Waals surface area contributed by atoms with Crippen LogP contribution in [0.3, 0.4) is 0 Å². The summed E-state index contributed by atoms with van der Waals surface area (Å²) in [5.41, 5.74) is 0. The highest BCUT2D eigenvalue weighted by Crippen LogP contribution is 2.55. The summed E-state index contributed by atoms with van der Waals surface area (Å²) in [5.74, 6) is -11.9. The third kappa shape index (κ3) is 1.76. The van der Waals surface area contributed by atoms with Gasteiger partial charge in [-0.25, -0.2) is 0 Å². The van der Waals surface area contributed by atoms with Gasteiger partial charge in [0.1, 0.15) is 0 Å².